The van der Waals surface area contributed by atoms with Gasteiger partial charge in [-0.2, -0.15) is 0 Å². The van der Waals surface area contributed by atoms with Crippen LogP contribution in [0.25, 0.3) is 17.0 Å². The molecule has 1 aromatic carbocycles. The normalized spacial score (nSPS) is 11.3. The number of aryl methyl sites for hydroxylation is 2. The Balaban J connectivity index is 2.65. The fourth-order valence-electron chi connectivity index (χ4n) is 1.89. The Bertz CT molecular complexity index is 662. The predicted molar refractivity (Wildman–Crippen MR) is 72.9 cm³/mol. The van der Waals surface area contributed by atoms with Gasteiger partial charge in [0.2, 0.25) is 0 Å². The number of aliphatic carboxylic acids is 1. The third-order valence-electron chi connectivity index (χ3n) is 2.69. The molecule has 0 unspecified atom stereocenters. The van der Waals surface area contributed by atoms with Gasteiger partial charge in [0.05, 0.1) is 11.2 Å². The Morgan fingerprint density at radius 3 is 2.67 bits per heavy atom. The Kier molecular flexibility index (Phi) is 3.34. The van der Waals surface area contributed by atoms with Crippen molar-refractivity contribution in [3.05, 3.63) is 46.1 Å². The van der Waals surface area contributed by atoms with Gasteiger partial charge < -0.3 is 5.11 Å². The van der Waals surface area contributed by atoms with Gasteiger partial charge in [0, 0.05) is 16.5 Å². The molecule has 0 bridgehead atoms. The van der Waals surface area contributed by atoms with Gasteiger partial charge in [-0.15, -0.1) is 0 Å². The fourth-order valence-corrected chi connectivity index (χ4v) is 2.16. The molecule has 2 rings (SSSR count). The van der Waals surface area contributed by atoms with Gasteiger partial charge >= 0.3 is 5.97 Å². The highest BCUT2D eigenvalue weighted by atomic mass is 35.5. The molecule has 0 saturated carbocycles. The molecule has 0 aliphatic heterocycles. The van der Waals surface area contributed by atoms with Crippen LogP contribution in [0.1, 0.15) is 16.8 Å². The van der Waals surface area contributed by atoms with Crippen LogP contribution in [0.5, 0.6) is 0 Å². The van der Waals surface area contributed by atoms with E-state index in [4.69, 9.17) is 16.7 Å². The smallest absolute Gasteiger partial charge is 0.328 e. The van der Waals surface area contributed by atoms with E-state index in [-0.39, 0.29) is 0 Å². The molecule has 1 heterocycles. The number of hydrogen-bond acceptors (Lipinski definition) is 2. The van der Waals surface area contributed by atoms with Crippen molar-refractivity contribution in [3.63, 3.8) is 0 Å². The number of nitrogens with zero attached hydrogens (tertiary/aromatic N) is 1. The number of aromatic nitrogens is 1. The van der Waals surface area contributed by atoms with Crippen molar-refractivity contribution in [2.24, 2.45) is 0 Å². The second-order valence-electron chi connectivity index (χ2n) is 4.15. The van der Waals surface area contributed by atoms with E-state index in [1.54, 1.807) is 0 Å². The highest BCUT2D eigenvalue weighted by Gasteiger charge is 2.05. The Labute approximate surface area is 110 Å². The van der Waals surface area contributed by atoms with Gasteiger partial charge in [-0.05, 0) is 49.2 Å². The van der Waals surface area contributed by atoms with Gasteiger partial charge in [-0.25, -0.2) is 9.78 Å². The number of carboxylic acids is 1. The molecule has 0 atom stereocenters. The minimum atomic E-state index is -0.984. The molecule has 2 aromatic rings. The molecule has 92 valence electrons. The fraction of sp³-hybridized carbons (Fsp3) is 0.143. The first-order valence-electron chi connectivity index (χ1n) is 5.46. The van der Waals surface area contributed by atoms with Crippen LogP contribution in [-0.2, 0) is 4.79 Å². The highest BCUT2D eigenvalue weighted by Crippen LogP contribution is 2.25. The standard InChI is InChI=1S/C14H12ClNO2/c1-8-6-11(3-4-13(17)18)16-14-9(2)5-10(15)7-12(8)14/h3-7H,1-2H3,(H,17,18)/b4-3+. The minimum absolute atomic E-state index is 0.632. The van der Waals surface area contributed by atoms with Crippen LogP contribution in [0.4, 0.5) is 0 Å². The van der Waals surface area contributed by atoms with Crippen molar-refractivity contribution in [1.29, 1.82) is 0 Å². The monoisotopic (exact) mass is 261 g/mol. The summed E-state index contributed by atoms with van der Waals surface area (Å²) in [4.78, 5) is 14.9. The first kappa shape index (κ1) is 12.6. The van der Waals surface area contributed by atoms with E-state index >= 15 is 0 Å². The maximum Gasteiger partial charge on any atom is 0.328 e. The number of fused-ring (bicyclic) bond motifs is 1. The van der Waals surface area contributed by atoms with E-state index in [0.717, 1.165) is 28.1 Å². The lowest BCUT2D eigenvalue weighted by Crippen LogP contribution is -1.92. The Morgan fingerprint density at radius 1 is 1.28 bits per heavy atom. The number of benzene rings is 1. The topological polar surface area (TPSA) is 50.2 Å². The molecule has 0 radical (unpaired) electrons. The van der Waals surface area contributed by atoms with Gasteiger partial charge in [-0.3, -0.25) is 0 Å². The summed E-state index contributed by atoms with van der Waals surface area (Å²) in [5.74, 6) is -0.984. The summed E-state index contributed by atoms with van der Waals surface area (Å²) in [5.41, 5.74) is 3.49. The summed E-state index contributed by atoms with van der Waals surface area (Å²) in [6.45, 7) is 3.89. The number of carbonyl (C=O) groups is 1. The molecule has 1 aromatic heterocycles. The van der Waals surface area contributed by atoms with Gasteiger partial charge in [-0.1, -0.05) is 11.6 Å². The third-order valence-corrected chi connectivity index (χ3v) is 2.91. The van der Waals surface area contributed by atoms with E-state index in [1.807, 2.05) is 32.0 Å². The van der Waals surface area contributed by atoms with E-state index in [0.29, 0.717) is 10.7 Å². The Hall–Kier alpha value is -1.87. The zero-order valence-electron chi connectivity index (χ0n) is 10.1. The van der Waals surface area contributed by atoms with E-state index in [9.17, 15) is 4.79 Å². The van der Waals surface area contributed by atoms with Crippen molar-refractivity contribution in [1.82, 2.24) is 4.98 Å². The van der Waals surface area contributed by atoms with Crippen LogP contribution < -0.4 is 0 Å². The molecule has 0 aliphatic carbocycles. The summed E-state index contributed by atoms with van der Waals surface area (Å²) in [7, 11) is 0. The molecular weight excluding hydrogens is 250 g/mol. The molecule has 1 N–H and O–H groups in total. The molecular formula is C14H12ClNO2. The van der Waals surface area contributed by atoms with Crippen molar-refractivity contribution < 1.29 is 9.90 Å². The van der Waals surface area contributed by atoms with Crippen molar-refractivity contribution in [2.75, 3.05) is 0 Å². The lowest BCUT2D eigenvalue weighted by atomic mass is 10.1. The first-order valence-corrected chi connectivity index (χ1v) is 5.83. The summed E-state index contributed by atoms with van der Waals surface area (Å²) < 4.78 is 0. The van der Waals surface area contributed by atoms with Gasteiger partial charge in [0.15, 0.2) is 0 Å². The number of halogens is 1. The van der Waals surface area contributed by atoms with Crippen LogP contribution in [0.15, 0.2) is 24.3 Å². The first-order chi connectivity index (χ1) is 8.47. The molecule has 0 aliphatic rings. The van der Waals surface area contributed by atoms with Crippen LogP contribution >= 0.6 is 11.6 Å². The van der Waals surface area contributed by atoms with E-state index in [2.05, 4.69) is 4.98 Å². The van der Waals surface area contributed by atoms with Gasteiger partial charge in [0.25, 0.3) is 0 Å². The number of pyridine rings is 1. The average Bonchev–Trinajstić information content (AvgIpc) is 2.28. The van der Waals surface area contributed by atoms with Crippen molar-refractivity contribution in [2.45, 2.75) is 13.8 Å². The summed E-state index contributed by atoms with van der Waals surface area (Å²) in [6, 6.07) is 5.56. The summed E-state index contributed by atoms with van der Waals surface area (Å²) >= 11 is 6.02. The second-order valence-corrected chi connectivity index (χ2v) is 4.59. The lowest BCUT2D eigenvalue weighted by Gasteiger charge is -2.07. The maximum absolute atomic E-state index is 10.5. The zero-order chi connectivity index (χ0) is 13.3. The molecule has 0 fully saturated rings. The molecule has 0 spiro atoms. The largest absolute Gasteiger partial charge is 0.478 e. The number of hydrogen-bond donors (Lipinski definition) is 1. The predicted octanol–water partition coefficient (Wildman–Crippen LogP) is 3.60. The molecule has 18 heavy (non-hydrogen) atoms. The van der Waals surface area contributed by atoms with Crippen molar-refractivity contribution in [3.8, 4) is 0 Å². The van der Waals surface area contributed by atoms with Gasteiger partial charge in [0.1, 0.15) is 0 Å². The molecule has 0 amide bonds. The molecule has 4 heteroatoms. The summed E-state index contributed by atoms with van der Waals surface area (Å²) in [5, 5.41) is 10.3. The quantitative estimate of drug-likeness (QED) is 0.841. The highest BCUT2D eigenvalue weighted by molar-refractivity contribution is 6.31. The minimum Gasteiger partial charge on any atom is -0.478 e. The lowest BCUT2D eigenvalue weighted by molar-refractivity contribution is -0.131. The van der Waals surface area contributed by atoms with Crippen molar-refractivity contribution >= 4 is 34.5 Å². The maximum atomic E-state index is 10.5. The van der Waals surface area contributed by atoms with Crippen LogP contribution in [0.3, 0.4) is 0 Å². The average molecular weight is 262 g/mol. The van der Waals surface area contributed by atoms with E-state index in [1.165, 1.54) is 6.08 Å². The van der Waals surface area contributed by atoms with E-state index < -0.39 is 5.97 Å². The summed E-state index contributed by atoms with van der Waals surface area (Å²) in [6.07, 6.45) is 2.57. The van der Waals surface area contributed by atoms with Crippen LogP contribution in [0.2, 0.25) is 5.02 Å². The van der Waals surface area contributed by atoms with Crippen LogP contribution in [-0.4, -0.2) is 16.1 Å². The third kappa shape index (κ3) is 2.51. The van der Waals surface area contributed by atoms with Crippen LogP contribution in [0, 0.1) is 13.8 Å². The second kappa shape index (κ2) is 4.78. The molecule has 0 saturated heterocycles. The Morgan fingerprint density at radius 2 is 2.00 bits per heavy atom. The number of carboxylic acid groups (broad SMARTS) is 1. The molecule has 3 nitrogen and oxygen atoms in total. The zero-order valence-corrected chi connectivity index (χ0v) is 10.8. The number of rotatable bonds is 2. The SMILES string of the molecule is Cc1cc(/C=C/C(=O)O)nc2c(C)cc(Cl)cc12.